The number of ketones is 1. The molecule has 0 bridgehead atoms. The van der Waals surface area contributed by atoms with Gasteiger partial charge in [-0.25, -0.2) is 4.79 Å². The average Bonchev–Trinajstić information content (AvgIpc) is 2.76. The molecule has 0 aliphatic rings. The second-order valence-electron chi connectivity index (χ2n) is 6.11. The molecule has 0 saturated carbocycles. The Morgan fingerprint density at radius 1 is 0.800 bits per heavy atom. The largest absolute Gasteiger partial charge is 0.496 e. The molecule has 0 saturated heterocycles. The van der Waals surface area contributed by atoms with Crippen LogP contribution in [0.3, 0.4) is 0 Å². The van der Waals surface area contributed by atoms with Crippen molar-refractivity contribution in [3.05, 3.63) is 47.5 Å². The molecule has 7 nitrogen and oxygen atoms in total. The van der Waals surface area contributed by atoms with Crippen molar-refractivity contribution < 1.29 is 33.1 Å². The highest BCUT2D eigenvalue weighted by atomic mass is 31.1. The molecule has 0 heterocycles. The Kier molecular flexibility index (Phi) is 8.81. The van der Waals surface area contributed by atoms with Gasteiger partial charge in [-0.15, -0.1) is 0 Å². The Labute approximate surface area is 177 Å². The Morgan fingerprint density at radius 3 is 1.70 bits per heavy atom. The fourth-order valence-corrected chi connectivity index (χ4v) is 4.03. The molecule has 2 aromatic carbocycles. The first kappa shape index (κ1) is 23.4. The predicted octanol–water partition coefficient (Wildman–Crippen LogP) is 4.74. The quantitative estimate of drug-likeness (QED) is 0.353. The van der Waals surface area contributed by atoms with Gasteiger partial charge >= 0.3 is 13.3 Å². The van der Waals surface area contributed by atoms with E-state index in [-0.39, 0.29) is 35.4 Å². The van der Waals surface area contributed by atoms with Crippen LogP contribution in [0, 0.1) is 0 Å². The minimum Gasteiger partial charge on any atom is -0.496 e. The number of benzene rings is 2. The molecule has 2 rings (SSSR count). The Balaban J connectivity index is 2.21. The Bertz CT molecular complexity index is 877. The summed E-state index contributed by atoms with van der Waals surface area (Å²) >= 11 is 0. The van der Waals surface area contributed by atoms with Gasteiger partial charge in [-0.1, -0.05) is 16.7 Å². The molecule has 8 heteroatoms. The van der Waals surface area contributed by atoms with Gasteiger partial charge in [0, 0.05) is 0 Å². The van der Waals surface area contributed by atoms with Crippen molar-refractivity contribution in [1.29, 1.82) is 0 Å². The molecule has 160 valence electrons. The summed E-state index contributed by atoms with van der Waals surface area (Å²) in [6, 6.07) is 9.97. The van der Waals surface area contributed by atoms with Crippen LogP contribution in [0.1, 0.15) is 41.0 Å². The average molecular weight is 433 g/mol. The van der Waals surface area contributed by atoms with Crippen molar-refractivity contribution in [2.75, 3.05) is 33.6 Å². The fraction of sp³-hybridized carbons (Fsp3) is 0.364. The maximum atomic E-state index is 12.9. The van der Waals surface area contributed by atoms with E-state index < -0.39 is 13.3 Å². The van der Waals surface area contributed by atoms with Crippen LogP contribution in [0.25, 0.3) is 0 Å². The molecular formula is C22H26O7P+. The first-order valence-corrected chi connectivity index (χ1v) is 11.0. The molecule has 0 aliphatic carbocycles. The highest BCUT2D eigenvalue weighted by Crippen LogP contribution is 2.38. The third-order valence-electron chi connectivity index (χ3n) is 4.28. The van der Waals surface area contributed by atoms with E-state index in [4.69, 9.17) is 18.9 Å². The number of Topliss-reactive ketones (excluding diaryl/α,β-unsaturated/α-hetero) is 1. The molecule has 1 atom stereocenters. The lowest BCUT2D eigenvalue weighted by atomic mass is 10.1. The minimum atomic E-state index is -2.37. The van der Waals surface area contributed by atoms with E-state index >= 15 is 0 Å². The van der Waals surface area contributed by atoms with Crippen molar-refractivity contribution in [2.45, 2.75) is 20.3 Å². The molecule has 0 amide bonds. The van der Waals surface area contributed by atoms with Crippen LogP contribution in [0.2, 0.25) is 0 Å². The van der Waals surface area contributed by atoms with Crippen LogP contribution in [-0.4, -0.2) is 44.9 Å². The van der Waals surface area contributed by atoms with Gasteiger partial charge in [0.05, 0.1) is 33.9 Å². The normalized spacial score (nSPS) is 10.9. The summed E-state index contributed by atoms with van der Waals surface area (Å²) in [4.78, 5) is 25.7. The molecule has 0 N–H and O–H groups in total. The van der Waals surface area contributed by atoms with E-state index in [1.807, 2.05) is 13.8 Å². The maximum Gasteiger partial charge on any atom is 0.420 e. The van der Waals surface area contributed by atoms with Gasteiger partial charge in [-0.3, -0.25) is 4.79 Å². The standard InChI is InChI=1S/C22H26O7P/c1-5-28-18-11-8-12-19(29-6-2)20(18)15(23)13-14-30(25)22(24)21-16(26-3)9-7-10-17(21)27-4/h7-12H,5-6,13-14H2,1-4H3/q+1. The molecule has 0 radical (unpaired) electrons. The monoisotopic (exact) mass is 433 g/mol. The molecule has 30 heavy (non-hydrogen) atoms. The molecule has 0 fully saturated rings. The van der Waals surface area contributed by atoms with Crippen LogP contribution in [0.15, 0.2) is 36.4 Å². The van der Waals surface area contributed by atoms with E-state index in [0.717, 1.165) is 0 Å². The second kappa shape index (κ2) is 11.3. The third-order valence-corrected chi connectivity index (χ3v) is 5.58. The van der Waals surface area contributed by atoms with E-state index in [9.17, 15) is 14.2 Å². The van der Waals surface area contributed by atoms with Gasteiger partial charge in [0.1, 0.15) is 28.6 Å². The molecule has 0 spiro atoms. The van der Waals surface area contributed by atoms with E-state index in [1.54, 1.807) is 36.4 Å². The molecule has 0 aromatic heterocycles. The third kappa shape index (κ3) is 5.36. The highest BCUT2D eigenvalue weighted by Gasteiger charge is 2.36. The van der Waals surface area contributed by atoms with Gasteiger partial charge in [-0.05, 0) is 38.1 Å². The summed E-state index contributed by atoms with van der Waals surface area (Å²) in [7, 11) is 0.466. The Morgan fingerprint density at radius 2 is 1.27 bits per heavy atom. The Hall–Kier alpha value is -2.92. The number of carbonyl (C=O) groups is 2. The summed E-state index contributed by atoms with van der Waals surface area (Å²) in [6.07, 6.45) is -0.206. The van der Waals surface area contributed by atoms with Gasteiger partial charge in [0.25, 0.3) is 0 Å². The molecule has 1 unspecified atom stereocenters. The zero-order valence-electron chi connectivity index (χ0n) is 17.6. The highest BCUT2D eigenvalue weighted by molar-refractivity contribution is 7.64. The van der Waals surface area contributed by atoms with E-state index in [2.05, 4.69) is 0 Å². The van der Waals surface area contributed by atoms with E-state index in [0.29, 0.717) is 30.3 Å². The molecule has 0 aliphatic heterocycles. The van der Waals surface area contributed by atoms with Crippen molar-refractivity contribution in [2.24, 2.45) is 0 Å². The first-order valence-electron chi connectivity index (χ1n) is 9.60. The zero-order valence-corrected chi connectivity index (χ0v) is 18.5. The van der Waals surface area contributed by atoms with Crippen molar-refractivity contribution in [3.8, 4) is 23.0 Å². The number of methoxy groups -OCH3 is 2. The topological polar surface area (TPSA) is 88.1 Å². The number of hydrogen-bond acceptors (Lipinski definition) is 7. The zero-order chi connectivity index (χ0) is 22.1. The van der Waals surface area contributed by atoms with Crippen LogP contribution in [0.4, 0.5) is 0 Å². The molecule has 2 aromatic rings. The smallest absolute Gasteiger partial charge is 0.420 e. The first-order chi connectivity index (χ1) is 14.5. The number of ether oxygens (including phenoxy) is 4. The van der Waals surface area contributed by atoms with Gasteiger partial charge < -0.3 is 18.9 Å². The lowest BCUT2D eigenvalue weighted by Gasteiger charge is -2.13. The fourth-order valence-electron chi connectivity index (χ4n) is 2.95. The van der Waals surface area contributed by atoms with Gasteiger partial charge in [0.15, 0.2) is 17.5 Å². The maximum absolute atomic E-state index is 12.9. The molecular weight excluding hydrogens is 407 g/mol. The SMILES string of the molecule is CCOc1cccc(OCC)c1C(=O)CC[P+](=O)C(=O)c1c(OC)cccc1OC. The lowest BCUT2D eigenvalue weighted by Crippen LogP contribution is -2.09. The predicted molar refractivity (Wildman–Crippen MR) is 114 cm³/mol. The van der Waals surface area contributed by atoms with Crippen LogP contribution < -0.4 is 18.9 Å². The number of rotatable bonds is 12. The summed E-state index contributed by atoms with van der Waals surface area (Å²) in [5.74, 6) is 1.05. The number of carbonyl (C=O) groups excluding carboxylic acids is 2. The second-order valence-corrected chi connectivity index (χ2v) is 7.72. The summed E-state index contributed by atoms with van der Waals surface area (Å²) < 4.78 is 34.2. The number of hydrogen-bond donors (Lipinski definition) is 0. The van der Waals surface area contributed by atoms with Crippen LogP contribution in [-0.2, 0) is 4.57 Å². The van der Waals surface area contributed by atoms with Crippen molar-refractivity contribution >= 4 is 19.1 Å². The van der Waals surface area contributed by atoms with E-state index in [1.165, 1.54) is 14.2 Å². The van der Waals surface area contributed by atoms with Crippen molar-refractivity contribution in [3.63, 3.8) is 0 Å². The van der Waals surface area contributed by atoms with Crippen LogP contribution in [0.5, 0.6) is 23.0 Å². The lowest BCUT2D eigenvalue weighted by molar-refractivity contribution is 0.0981. The van der Waals surface area contributed by atoms with Crippen LogP contribution >= 0.6 is 7.80 Å². The minimum absolute atomic E-state index is 0.0947. The summed E-state index contributed by atoms with van der Waals surface area (Å²) in [5.41, 5.74) is -0.206. The summed E-state index contributed by atoms with van der Waals surface area (Å²) in [6.45, 7) is 4.40. The van der Waals surface area contributed by atoms with Gasteiger partial charge in [0.2, 0.25) is 0 Å². The van der Waals surface area contributed by atoms with Crippen molar-refractivity contribution in [1.82, 2.24) is 0 Å². The van der Waals surface area contributed by atoms with Gasteiger partial charge in [-0.2, -0.15) is 0 Å². The summed E-state index contributed by atoms with van der Waals surface area (Å²) in [5, 5.41) is 0.